The number of rotatable bonds is 3. The van der Waals surface area contributed by atoms with Gasteiger partial charge in [0.05, 0.1) is 5.92 Å². The molecule has 2 aromatic carbocycles. The highest BCUT2D eigenvalue weighted by molar-refractivity contribution is 6.03. The lowest BCUT2D eigenvalue weighted by Gasteiger charge is -2.09. The maximum atomic E-state index is 12.0. The smallest absolute Gasteiger partial charge is 0.232 e. The normalized spacial score (nSPS) is 17.1. The molecule has 0 spiro atoms. The highest BCUT2D eigenvalue weighted by Crippen LogP contribution is 2.34. The van der Waals surface area contributed by atoms with Crippen LogP contribution >= 0.6 is 0 Å². The third-order valence-corrected chi connectivity index (χ3v) is 3.78. The summed E-state index contributed by atoms with van der Waals surface area (Å²) in [6.07, 6.45) is 1.82. The molecule has 1 heterocycles. The summed E-state index contributed by atoms with van der Waals surface area (Å²) in [4.78, 5) is 12.0. The zero-order chi connectivity index (χ0) is 13.2. The topological polar surface area (TPSA) is 29.1 Å². The molecule has 0 saturated heterocycles. The van der Waals surface area contributed by atoms with E-state index in [-0.39, 0.29) is 11.8 Å². The molecule has 2 nitrogen and oxygen atoms in total. The Morgan fingerprint density at radius 3 is 2.42 bits per heavy atom. The Kier molecular flexibility index (Phi) is 3.08. The summed E-state index contributed by atoms with van der Waals surface area (Å²) in [5, 5.41) is 2.95. The van der Waals surface area contributed by atoms with Gasteiger partial charge in [-0.1, -0.05) is 49.4 Å². The minimum Gasteiger partial charge on any atom is -0.325 e. The molecule has 1 atom stereocenters. The fraction of sp³-hybridized carbons (Fsp3) is 0.235. The molecule has 0 bridgehead atoms. The number of fused-ring (bicyclic) bond motifs is 1. The van der Waals surface area contributed by atoms with E-state index in [1.165, 1.54) is 11.1 Å². The Labute approximate surface area is 113 Å². The van der Waals surface area contributed by atoms with Crippen molar-refractivity contribution in [1.29, 1.82) is 0 Å². The first-order valence-corrected chi connectivity index (χ1v) is 6.75. The number of carbonyl (C=O) groups is 1. The zero-order valence-corrected chi connectivity index (χ0v) is 11.0. The van der Waals surface area contributed by atoms with Gasteiger partial charge in [0.25, 0.3) is 0 Å². The maximum Gasteiger partial charge on any atom is 0.232 e. The second kappa shape index (κ2) is 4.88. The van der Waals surface area contributed by atoms with Crippen molar-refractivity contribution in [3.63, 3.8) is 0 Å². The van der Waals surface area contributed by atoms with Crippen LogP contribution in [0.5, 0.6) is 0 Å². The average molecular weight is 251 g/mol. The van der Waals surface area contributed by atoms with Crippen molar-refractivity contribution in [2.45, 2.75) is 25.7 Å². The minimum absolute atomic E-state index is 0.0522. The molecule has 0 fully saturated rings. The van der Waals surface area contributed by atoms with Crippen molar-refractivity contribution in [2.24, 2.45) is 0 Å². The van der Waals surface area contributed by atoms with Crippen LogP contribution in [0.25, 0.3) is 0 Å². The standard InChI is InChI=1S/C17H17NO/c1-2-12-7-9-13(10-8-12)11-15-14-5-3-4-6-16(14)18-17(15)19/h3-10,15H,2,11H2,1H3,(H,18,19). The monoisotopic (exact) mass is 251 g/mol. The van der Waals surface area contributed by atoms with Crippen molar-refractivity contribution in [2.75, 3.05) is 5.32 Å². The molecule has 1 aliphatic heterocycles. The molecule has 0 aliphatic carbocycles. The molecule has 0 aromatic heterocycles. The van der Waals surface area contributed by atoms with Gasteiger partial charge < -0.3 is 5.32 Å². The summed E-state index contributed by atoms with van der Waals surface area (Å²) in [6.45, 7) is 2.15. The SMILES string of the molecule is CCc1ccc(CC2C(=O)Nc3ccccc32)cc1. The van der Waals surface area contributed by atoms with Gasteiger partial charge in [-0.3, -0.25) is 4.79 Å². The number of hydrogen-bond donors (Lipinski definition) is 1. The molecule has 0 saturated carbocycles. The van der Waals surface area contributed by atoms with Gasteiger partial charge in [0.15, 0.2) is 0 Å². The van der Waals surface area contributed by atoms with E-state index >= 15 is 0 Å². The average Bonchev–Trinajstić information content (AvgIpc) is 2.76. The molecule has 1 aliphatic rings. The molecular weight excluding hydrogens is 234 g/mol. The van der Waals surface area contributed by atoms with Crippen LogP contribution in [0, 0.1) is 0 Å². The van der Waals surface area contributed by atoms with Gasteiger partial charge in [0.1, 0.15) is 0 Å². The number of amides is 1. The molecule has 96 valence electrons. The Morgan fingerprint density at radius 1 is 1.00 bits per heavy atom. The lowest BCUT2D eigenvalue weighted by molar-refractivity contribution is -0.117. The van der Waals surface area contributed by atoms with Crippen LogP contribution in [0.1, 0.15) is 29.5 Å². The van der Waals surface area contributed by atoms with E-state index in [0.29, 0.717) is 0 Å². The fourth-order valence-corrected chi connectivity index (χ4v) is 2.63. The van der Waals surface area contributed by atoms with Gasteiger partial charge in [-0.2, -0.15) is 0 Å². The summed E-state index contributed by atoms with van der Waals surface area (Å²) in [5.41, 5.74) is 4.63. The number of carbonyl (C=O) groups excluding carboxylic acids is 1. The molecule has 0 radical (unpaired) electrons. The predicted molar refractivity (Wildman–Crippen MR) is 77.3 cm³/mol. The van der Waals surface area contributed by atoms with Crippen LogP contribution in [0.15, 0.2) is 48.5 Å². The zero-order valence-electron chi connectivity index (χ0n) is 11.0. The largest absolute Gasteiger partial charge is 0.325 e. The second-order valence-electron chi connectivity index (χ2n) is 5.00. The first kappa shape index (κ1) is 12.0. The summed E-state index contributed by atoms with van der Waals surface area (Å²) < 4.78 is 0. The van der Waals surface area contributed by atoms with E-state index < -0.39 is 0 Å². The Balaban J connectivity index is 1.84. The molecular formula is C17H17NO. The predicted octanol–water partition coefficient (Wildman–Crippen LogP) is 3.53. The second-order valence-corrected chi connectivity index (χ2v) is 5.00. The summed E-state index contributed by atoms with van der Waals surface area (Å²) in [7, 11) is 0. The maximum absolute atomic E-state index is 12.0. The highest BCUT2D eigenvalue weighted by Gasteiger charge is 2.29. The molecule has 1 amide bonds. The van der Waals surface area contributed by atoms with E-state index in [1.54, 1.807) is 0 Å². The fourth-order valence-electron chi connectivity index (χ4n) is 2.63. The number of anilines is 1. The first-order valence-electron chi connectivity index (χ1n) is 6.75. The highest BCUT2D eigenvalue weighted by atomic mass is 16.2. The molecule has 2 aromatic rings. The quantitative estimate of drug-likeness (QED) is 0.888. The summed E-state index contributed by atoms with van der Waals surface area (Å²) in [5.74, 6) is 0.0597. The van der Waals surface area contributed by atoms with Crippen LogP contribution in [0.2, 0.25) is 0 Å². The van der Waals surface area contributed by atoms with E-state index in [2.05, 4.69) is 36.5 Å². The Hall–Kier alpha value is -2.09. The first-order chi connectivity index (χ1) is 9.28. The van der Waals surface area contributed by atoms with Crippen LogP contribution in [0.3, 0.4) is 0 Å². The summed E-state index contributed by atoms with van der Waals surface area (Å²) >= 11 is 0. The van der Waals surface area contributed by atoms with Crippen molar-refractivity contribution in [1.82, 2.24) is 0 Å². The van der Waals surface area contributed by atoms with Crippen molar-refractivity contribution >= 4 is 11.6 Å². The number of aryl methyl sites for hydroxylation is 1. The van der Waals surface area contributed by atoms with Crippen LogP contribution in [-0.2, 0) is 17.6 Å². The van der Waals surface area contributed by atoms with E-state index in [9.17, 15) is 4.79 Å². The summed E-state index contributed by atoms with van der Waals surface area (Å²) in [6, 6.07) is 16.5. The van der Waals surface area contributed by atoms with Gasteiger partial charge in [-0.25, -0.2) is 0 Å². The third-order valence-electron chi connectivity index (χ3n) is 3.78. The van der Waals surface area contributed by atoms with E-state index in [0.717, 1.165) is 24.1 Å². The van der Waals surface area contributed by atoms with Gasteiger partial charge in [-0.05, 0) is 35.6 Å². The number of para-hydroxylation sites is 1. The van der Waals surface area contributed by atoms with Crippen LogP contribution < -0.4 is 5.32 Å². The van der Waals surface area contributed by atoms with Gasteiger partial charge >= 0.3 is 0 Å². The Morgan fingerprint density at radius 2 is 1.68 bits per heavy atom. The number of nitrogens with one attached hydrogen (secondary N) is 1. The van der Waals surface area contributed by atoms with Gasteiger partial charge in [0.2, 0.25) is 5.91 Å². The van der Waals surface area contributed by atoms with E-state index in [1.807, 2.05) is 24.3 Å². The molecule has 1 unspecified atom stereocenters. The number of benzene rings is 2. The van der Waals surface area contributed by atoms with Crippen molar-refractivity contribution in [3.8, 4) is 0 Å². The van der Waals surface area contributed by atoms with Crippen molar-refractivity contribution in [3.05, 3.63) is 65.2 Å². The number of hydrogen-bond acceptors (Lipinski definition) is 1. The van der Waals surface area contributed by atoms with Gasteiger partial charge in [-0.15, -0.1) is 0 Å². The van der Waals surface area contributed by atoms with Crippen LogP contribution in [-0.4, -0.2) is 5.91 Å². The molecule has 19 heavy (non-hydrogen) atoms. The lowest BCUT2D eigenvalue weighted by atomic mass is 9.93. The third kappa shape index (κ3) is 2.26. The van der Waals surface area contributed by atoms with Gasteiger partial charge in [0, 0.05) is 5.69 Å². The molecule has 2 heteroatoms. The van der Waals surface area contributed by atoms with Crippen molar-refractivity contribution < 1.29 is 4.79 Å². The minimum atomic E-state index is -0.0522. The molecule has 1 N–H and O–H groups in total. The van der Waals surface area contributed by atoms with E-state index in [4.69, 9.17) is 0 Å². The Bertz CT molecular complexity index is 601. The molecule has 3 rings (SSSR count). The lowest BCUT2D eigenvalue weighted by Crippen LogP contribution is -2.14. The van der Waals surface area contributed by atoms with Crippen LogP contribution in [0.4, 0.5) is 5.69 Å².